The molecule has 1 aromatic carbocycles. The summed E-state index contributed by atoms with van der Waals surface area (Å²) >= 11 is 6.07. The van der Waals surface area contributed by atoms with E-state index in [1.165, 1.54) is 18.3 Å². The third-order valence-corrected chi connectivity index (χ3v) is 4.78. The number of imidazole rings is 1. The van der Waals surface area contributed by atoms with Gasteiger partial charge in [-0.25, -0.2) is 4.98 Å². The molecule has 0 radical (unpaired) electrons. The number of hydrogen-bond donors (Lipinski definition) is 2. The first-order valence-corrected chi connectivity index (χ1v) is 9.28. The van der Waals surface area contributed by atoms with Gasteiger partial charge in [0.2, 0.25) is 5.69 Å². The number of nitrogens with one attached hydrogen (secondary N) is 2. The van der Waals surface area contributed by atoms with Gasteiger partial charge in [-0.2, -0.15) is 17.6 Å². The van der Waals surface area contributed by atoms with E-state index in [1.54, 1.807) is 53.1 Å². The van der Waals surface area contributed by atoms with Crippen LogP contribution in [0.5, 0.6) is 0 Å². The van der Waals surface area contributed by atoms with E-state index in [1.807, 2.05) is 0 Å². The van der Waals surface area contributed by atoms with Crippen molar-refractivity contribution < 1.29 is 22.4 Å². The molecule has 1 atom stereocenters. The summed E-state index contributed by atoms with van der Waals surface area (Å²) in [6.07, 6.45) is -0.534. The minimum absolute atomic E-state index is 0.00344. The number of pyridine rings is 2. The molecule has 0 saturated carbocycles. The Bertz CT molecular complexity index is 1210. The number of nitrogens with zero attached hydrogens (tertiary/aromatic N) is 2. The summed E-state index contributed by atoms with van der Waals surface area (Å²) < 4.78 is 42.6. The fraction of sp³-hybridized carbons (Fsp3) is 0.0952. The van der Waals surface area contributed by atoms with Crippen molar-refractivity contribution in [3.05, 3.63) is 89.5 Å². The molecule has 2 N–H and O–H groups in total. The number of fused-ring (bicyclic) bond motifs is 1. The second-order valence-electron chi connectivity index (χ2n) is 6.55. The molecule has 30 heavy (non-hydrogen) atoms. The topological polar surface area (TPSA) is 61.9 Å². The molecule has 3 heterocycles. The predicted octanol–water partition coefficient (Wildman–Crippen LogP) is 4.50. The lowest BCUT2D eigenvalue weighted by Crippen LogP contribution is -2.38. The Morgan fingerprint density at radius 2 is 1.97 bits per heavy atom. The summed E-state index contributed by atoms with van der Waals surface area (Å²) in [5.74, 6) is -0.374. The maximum atomic E-state index is 13.6. The van der Waals surface area contributed by atoms with Crippen LogP contribution < -0.4 is 9.72 Å². The lowest BCUT2D eigenvalue weighted by Gasteiger charge is -2.20. The van der Waals surface area contributed by atoms with Crippen molar-refractivity contribution in [2.45, 2.75) is 12.2 Å². The Kier molecular flexibility index (Phi) is 5.17. The number of rotatable bonds is 4. The zero-order chi connectivity index (χ0) is 21.3. The van der Waals surface area contributed by atoms with Crippen molar-refractivity contribution >= 4 is 23.0 Å². The molecule has 152 valence electrons. The van der Waals surface area contributed by atoms with Crippen LogP contribution >= 0.6 is 11.6 Å². The molecule has 5 nitrogen and oxygen atoms in total. The highest BCUT2D eigenvalue weighted by Crippen LogP contribution is 2.32. The number of halogens is 4. The molecule has 0 spiro atoms. The van der Waals surface area contributed by atoms with Crippen molar-refractivity contribution in [1.82, 2.24) is 15.3 Å². The number of amides is 1. The van der Waals surface area contributed by atoms with Gasteiger partial charge in [-0.1, -0.05) is 29.8 Å². The van der Waals surface area contributed by atoms with Gasteiger partial charge in [0.15, 0.2) is 11.6 Å². The molecular formula is C21H15ClF3N4O+. The second-order valence-corrected chi connectivity index (χ2v) is 6.99. The average molecular weight is 432 g/mol. The van der Waals surface area contributed by atoms with E-state index in [0.717, 1.165) is 6.20 Å². The molecule has 4 aromatic rings. The summed E-state index contributed by atoms with van der Waals surface area (Å²) in [5, 5.41) is 2.58. The van der Waals surface area contributed by atoms with Gasteiger partial charge >= 0.3 is 6.18 Å². The number of carbonyl (C=O) groups is 1. The third kappa shape index (κ3) is 3.86. The van der Waals surface area contributed by atoms with Crippen LogP contribution in [0.25, 0.3) is 16.9 Å². The predicted molar refractivity (Wildman–Crippen MR) is 105 cm³/mol. The average Bonchev–Trinajstić information content (AvgIpc) is 3.11. The molecule has 0 aliphatic rings. The number of hydrogen-bond acceptors (Lipinski definition) is 2. The van der Waals surface area contributed by atoms with Gasteiger partial charge in [-0.15, -0.1) is 0 Å². The van der Waals surface area contributed by atoms with Crippen molar-refractivity contribution in [2.75, 3.05) is 0 Å². The normalized spacial score (nSPS) is 12.7. The van der Waals surface area contributed by atoms with Crippen LogP contribution in [0, 0.1) is 0 Å². The minimum Gasteiger partial charge on any atom is -0.333 e. The first kappa shape index (κ1) is 19.9. The SMILES string of the molecule is O=C(NC(c1cccnc1)C(F)(F)F)c1[nH]c(-c2cccc(Cl)c2)[n+]2ccccc12. The number of benzene rings is 1. The third-order valence-electron chi connectivity index (χ3n) is 4.55. The number of H-pyrrole nitrogens is 1. The molecule has 0 aliphatic heterocycles. The molecule has 0 fully saturated rings. The fourth-order valence-electron chi connectivity index (χ4n) is 3.21. The monoisotopic (exact) mass is 431 g/mol. The van der Waals surface area contributed by atoms with Gasteiger partial charge in [0.05, 0.1) is 11.8 Å². The van der Waals surface area contributed by atoms with Crippen LogP contribution in [-0.2, 0) is 0 Å². The zero-order valence-electron chi connectivity index (χ0n) is 15.3. The molecule has 4 rings (SSSR count). The van der Waals surface area contributed by atoms with E-state index in [0.29, 0.717) is 21.9 Å². The number of aromatic nitrogens is 3. The second kappa shape index (κ2) is 7.79. The number of alkyl halides is 3. The van der Waals surface area contributed by atoms with Crippen LogP contribution in [0.1, 0.15) is 22.1 Å². The Balaban J connectivity index is 1.77. The molecular weight excluding hydrogens is 417 g/mol. The Morgan fingerprint density at radius 1 is 1.13 bits per heavy atom. The number of carbonyl (C=O) groups excluding carboxylic acids is 1. The van der Waals surface area contributed by atoms with E-state index >= 15 is 0 Å². The first-order valence-electron chi connectivity index (χ1n) is 8.90. The maximum absolute atomic E-state index is 13.6. The van der Waals surface area contributed by atoms with Crippen LogP contribution in [0.4, 0.5) is 13.2 Å². The first-order chi connectivity index (χ1) is 14.3. The summed E-state index contributed by atoms with van der Waals surface area (Å²) in [6, 6.07) is 12.5. The molecule has 9 heteroatoms. The van der Waals surface area contributed by atoms with Gasteiger partial charge in [-0.3, -0.25) is 9.78 Å². The van der Waals surface area contributed by atoms with Crippen LogP contribution in [0.2, 0.25) is 5.02 Å². The summed E-state index contributed by atoms with van der Waals surface area (Å²) in [6.45, 7) is 0. The highest BCUT2D eigenvalue weighted by atomic mass is 35.5. The van der Waals surface area contributed by atoms with E-state index in [-0.39, 0.29) is 11.3 Å². The van der Waals surface area contributed by atoms with Crippen molar-refractivity contribution in [3.63, 3.8) is 0 Å². The standard InChI is InChI=1S/C21H14ClF3N4O/c22-15-7-3-5-13(11-15)19-27-17(16-8-1-2-10-29(16)19)20(30)28-18(21(23,24)25)14-6-4-9-26-12-14/h1-12,18H,(H,28,30)/p+1. The van der Waals surface area contributed by atoms with Gasteiger partial charge < -0.3 is 5.32 Å². The quantitative estimate of drug-likeness (QED) is 0.467. The molecule has 1 unspecified atom stereocenters. The Hall–Kier alpha value is -3.39. The smallest absolute Gasteiger partial charge is 0.333 e. The van der Waals surface area contributed by atoms with Crippen LogP contribution in [0.15, 0.2) is 73.2 Å². The fourth-order valence-corrected chi connectivity index (χ4v) is 3.40. The number of aromatic amines is 1. The Labute approximate surface area is 174 Å². The van der Waals surface area contributed by atoms with Gasteiger partial charge in [0.1, 0.15) is 0 Å². The van der Waals surface area contributed by atoms with Crippen LogP contribution in [-0.4, -0.2) is 22.1 Å². The summed E-state index contributed by atoms with van der Waals surface area (Å²) in [4.78, 5) is 19.6. The zero-order valence-corrected chi connectivity index (χ0v) is 16.1. The van der Waals surface area contributed by atoms with Crippen molar-refractivity contribution in [3.8, 4) is 11.4 Å². The molecule has 3 aromatic heterocycles. The lowest BCUT2D eigenvalue weighted by molar-refractivity contribution is -0.498. The van der Waals surface area contributed by atoms with E-state index < -0.39 is 18.1 Å². The van der Waals surface area contributed by atoms with Crippen molar-refractivity contribution in [1.29, 1.82) is 0 Å². The molecule has 1 amide bonds. The van der Waals surface area contributed by atoms with E-state index in [9.17, 15) is 18.0 Å². The highest BCUT2D eigenvalue weighted by Gasteiger charge is 2.43. The molecule has 0 bridgehead atoms. The van der Waals surface area contributed by atoms with Crippen LogP contribution in [0.3, 0.4) is 0 Å². The Morgan fingerprint density at radius 3 is 2.67 bits per heavy atom. The van der Waals surface area contributed by atoms with Crippen molar-refractivity contribution in [2.24, 2.45) is 0 Å². The highest BCUT2D eigenvalue weighted by molar-refractivity contribution is 6.30. The molecule has 0 saturated heterocycles. The maximum Gasteiger partial charge on any atom is 0.412 e. The largest absolute Gasteiger partial charge is 0.412 e. The minimum atomic E-state index is -4.69. The summed E-state index contributed by atoms with van der Waals surface area (Å²) in [5.41, 5.74) is 0.958. The molecule has 0 aliphatic carbocycles. The summed E-state index contributed by atoms with van der Waals surface area (Å²) in [7, 11) is 0. The van der Waals surface area contributed by atoms with Gasteiger partial charge in [0.25, 0.3) is 11.7 Å². The van der Waals surface area contributed by atoms with E-state index in [2.05, 4.69) is 15.3 Å². The lowest BCUT2D eigenvalue weighted by atomic mass is 10.1. The van der Waals surface area contributed by atoms with Gasteiger partial charge in [0, 0.05) is 23.0 Å². The van der Waals surface area contributed by atoms with Gasteiger partial charge in [-0.05, 0) is 36.4 Å². The van der Waals surface area contributed by atoms with E-state index in [4.69, 9.17) is 11.6 Å².